The lowest BCUT2D eigenvalue weighted by Gasteiger charge is -2.34. The van der Waals surface area contributed by atoms with Crippen LogP contribution in [0.15, 0.2) is 47.4 Å². The Balaban J connectivity index is 1.45. The first-order valence-electron chi connectivity index (χ1n) is 11.2. The van der Waals surface area contributed by atoms with Crippen molar-refractivity contribution in [1.29, 1.82) is 0 Å². The SMILES string of the molecule is CCN(C(=O)C1CCN(S(=O)(=O)c2ccc3c(c2)OCCCO3)CC1)c1ccccc1C. The Labute approximate surface area is 190 Å². The van der Waals surface area contributed by atoms with Crippen LogP contribution in [0.3, 0.4) is 0 Å². The molecule has 172 valence electrons. The van der Waals surface area contributed by atoms with Gasteiger partial charge in [-0.3, -0.25) is 4.79 Å². The van der Waals surface area contributed by atoms with Crippen LogP contribution in [-0.4, -0.2) is 51.5 Å². The summed E-state index contributed by atoms with van der Waals surface area (Å²) < 4.78 is 39.2. The van der Waals surface area contributed by atoms with Gasteiger partial charge < -0.3 is 14.4 Å². The van der Waals surface area contributed by atoms with Gasteiger partial charge in [-0.05, 0) is 50.5 Å². The first-order valence-corrected chi connectivity index (χ1v) is 12.6. The number of hydrogen-bond acceptors (Lipinski definition) is 5. The maximum absolute atomic E-state index is 13.2. The Morgan fingerprint density at radius 1 is 1.06 bits per heavy atom. The van der Waals surface area contributed by atoms with E-state index in [-0.39, 0.29) is 16.7 Å². The molecule has 2 aromatic rings. The molecule has 4 rings (SSSR count). The van der Waals surface area contributed by atoms with Gasteiger partial charge in [0.15, 0.2) is 11.5 Å². The molecule has 0 aliphatic carbocycles. The summed E-state index contributed by atoms with van der Waals surface area (Å²) in [6.45, 7) is 6.23. The molecule has 0 atom stereocenters. The van der Waals surface area contributed by atoms with Gasteiger partial charge in [0, 0.05) is 43.7 Å². The molecular weight excluding hydrogens is 428 g/mol. The number of carbonyl (C=O) groups is 1. The normalized spacial score (nSPS) is 17.6. The predicted molar refractivity (Wildman–Crippen MR) is 123 cm³/mol. The van der Waals surface area contributed by atoms with Crippen molar-refractivity contribution in [2.45, 2.75) is 38.0 Å². The molecule has 0 saturated carbocycles. The van der Waals surface area contributed by atoms with E-state index in [4.69, 9.17) is 9.47 Å². The number of piperidine rings is 1. The van der Waals surface area contributed by atoms with Crippen molar-refractivity contribution >= 4 is 21.6 Å². The van der Waals surface area contributed by atoms with Crippen LogP contribution in [0.1, 0.15) is 31.7 Å². The summed E-state index contributed by atoms with van der Waals surface area (Å²) in [6.07, 6.45) is 1.77. The lowest BCUT2D eigenvalue weighted by atomic mass is 9.96. The number of anilines is 1. The summed E-state index contributed by atoms with van der Waals surface area (Å²) in [7, 11) is -3.67. The molecule has 0 radical (unpaired) electrons. The van der Waals surface area contributed by atoms with Gasteiger partial charge in [0.25, 0.3) is 0 Å². The number of nitrogens with zero attached hydrogens (tertiary/aromatic N) is 2. The standard InChI is InChI=1S/C24H30N2O5S/c1-3-26(21-8-5-4-7-18(21)2)24(27)19-11-13-25(14-12-19)32(28,29)20-9-10-22-23(17-20)31-16-6-15-30-22/h4-5,7-10,17,19H,3,6,11-16H2,1-2H3. The molecule has 0 N–H and O–H groups in total. The first kappa shape index (κ1) is 22.6. The number of para-hydroxylation sites is 1. The van der Waals surface area contributed by atoms with Gasteiger partial charge in [0.05, 0.1) is 18.1 Å². The summed E-state index contributed by atoms with van der Waals surface area (Å²) in [5.74, 6) is 0.909. The number of carbonyl (C=O) groups excluding carboxylic acids is 1. The van der Waals surface area contributed by atoms with Gasteiger partial charge in [0.2, 0.25) is 15.9 Å². The van der Waals surface area contributed by atoms with E-state index in [9.17, 15) is 13.2 Å². The molecule has 0 aromatic heterocycles. The number of benzene rings is 2. The van der Waals surface area contributed by atoms with Crippen LogP contribution in [0.2, 0.25) is 0 Å². The number of sulfonamides is 1. The monoisotopic (exact) mass is 458 g/mol. The minimum Gasteiger partial charge on any atom is -0.490 e. The minimum atomic E-state index is -3.67. The zero-order valence-corrected chi connectivity index (χ0v) is 19.4. The van der Waals surface area contributed by atoms with Gasteiger partial charge in [-0.25, -0.2) is 8.42 Å². The number of aryl methyl sites for hydroxylation is 1. The Morgan fingerprint density at radius 3 is 2.44 bits per heavy atom. The fraction of sp³-hybridized carbons (Fsp3) is 0.458. The highest BCUT2D eigenvalue weighted by Gasteiger charge is 2.34. The van der Waals surface area contributed by atoms with Crippen molar-refractivity contribution in [3.05, 3.63) is 48.0 Å². The van der Waals surface area contributed by atoms with Crippen LogP contribution in [-0.2, 0) is 14.8 Å². The van der Waals surface area contributed by atoms with Crippen molar-refractivity contribution in [1.82, 2.24) is 4.31 Å². The van der Waals surface area contributed by atoms with Crippen LogP contribution >= 0.6 is 0 Å². The molecule has 0 spiro atoms. The number of ether oxygens (including phenoxy) is 2. The van der Waals surface area contributed by atoms with E-state index in [2.05, 4.69) is 0 Å². The number of fused-ring (bicyclic) bond motifs is 1. The summed E-state index contributed by atoms with van der Waals surface area (Å²) in [4.78, 5) is 15.2. The summed E-state index contributed by atoms with van der Waals surface area (Å²) in [5.41, 5.74) is 1.97. The highest BCUT2D eigenvalue weighted by molar-refractivity contribution is 7.89. The van der Waals surface area contributed by atoms with Crippen LogP contribution in [0.5, 0.6) is 11.5 Å². The highest BCUT2D eigenvalue weighted by Crippen LogP contribution is 2.34. The number of hydrogen-bond donors (Lipinski definition) is 0. The van der Waals surface area contributed by atoms with Gasteiger partial charge in [-0.15, -0.1) is 0 Å². The van der Waals surface area contributed by atoms with Crippen LogP contribution in [0.25, 0.3) is 0 Å². The fourth-order valence-corrected chi connectivity index (χ4v) is 5.81. The topological polar surface area (TPSA) is 76.2 Å². The third-order valence-electron chi connectivity index (χ3n) is 6.15. The van der Waals surface area contributed by atoms with Gasteiger partial charge in [-0.1, -0.05) is 18.2 Å². The second-order valence-corrected chi connectivity index (χ2v) is 10.1. The Kier molecular flexibility index (Phi) is 6.71. The zero-order chi connectivity index (χ0) is 22.7. The summed E-state index contributed by atoms with van der Waals surface area (Å²) in [5, 5.41) is 0. The zero-order valence-electron chi connectivity index (χ0n) is 18.6. The molecule has 1 saturated heterocycles. The molecule has 2 aliphatic rings. The van der Waals surface area contributed by atoms with Crippen LogP contribution < -0.4 is 14.4 Å². The van der Waals surface area contributed by atoms with E-state index in [1.54, 1.807) is 18.2 Å². The van der Waals surface area contributed by atoms with Gasteiger partial charge in [0.1, 0.15) is 0 Å². The van der Waals surface area contributed by atoms with Crippen molar-refractivity contribution in [2.24, 2.45) is 5.92 Å². The van der Waals surface area contributed by atoms with E-state index >= 15 is 0 Å². The fourth-order valence-electron chi connectivity index (χ4n) is 4.33. The van der Waals surface area contributed by atoms with Gasteiger partial charge in [-0.2, -0.15) is 4.31 Å². The largest absolute Gasteiger partial charge is 0.490 e. The molecule has 8 heteroatoms. The molecule has 1 fully saturated rings. The second-order valence-electron chi connectivity index (χ2n) is 8.21. The minimum absolute atomic E-state index is 0.0643. The molecular formula is C24H30N2O5S. The summed E-state index contributed by atoms with van der Waals surface area (Å²) >= 11 is 0. The van der Waals surface area contributed by atoms with Crippen LogP contribution in [0.4, 0.5) is 5.69 Å². The third kappa shape index (κ3) is 4.47. The van der Waals surface area contributed by atoms with E-state index in [0.717, 1.165) is 17.7 Å². The quantitative estimate of drug-likeness (QED) is 0.684. The van der Waals surface area contributed by atoms with Gasteiger partial charge >= 0.3 is 0 Å². The molecule has 2 heterocycles. The highest BCUT2D eigenvalue weighted by atomic mass is 32.2. The Hall–Kier alpha value is -2.58. The Morgan fingerprint density at radius 2 is 1.75 bits per heavy atom. The first-order chi connectivity index (χ1) is 15.4. The molecule has 7 nitrogen and oxygen atoms in total. The van der Waals surface area contributed by atoms with Crippen LogP contribution in [0, 0.1) is 12.8 Å². The lowest BCUT2D eigenvalue weighted by Crippen LogP contribution is -2.44. The molecule has 2 aliphatic heterocycles. The average molecular weight is 459 g/mol. The second kappa shape index (κ2) is 9.50. The maximum Gasteiger partial charge on any atom is 0.243 e. The van der Waals surface area contributed by atoms with Crippen molar-refractivity contribution in [3.8, 4) is 11.5 Å². The molecule has 0 bridgehead atoms. The van der Waals surface area contributed by atoms with Crippen molar-refractivity contribution in [3.63, 3.8) is 0 Å². The molecule has 32 heavy (non-hydrogen) atoms. The lowest BCUT2D eigenvalue weighted by molar-refractivity contribution is -0.123. The van der Waals surface area contributed by atoms with Crippen molar-refractivity contribution in [2.75, 3.05) is 37.7 Å². The van der Waals surface area contributed by atoms with E-state index in [1.807, 2.05) is 43.0 Å². The third-order valence-corrected chi connectivity index (χ3v) is 8.04. The molecule has 0 unspecified atom stereocenters. The smallest absolute Gasteiger partial charge is 0.243 e. The number of rotatable bonds is 5. The van der Waals surface area contributed by atoms with Crippen molar-refractivity contribution < 1.29 is 22.7 Å². The average Bonchev–Trinajstić information content (AvgIpc) is 3.05. The summed E-state index contributed by atoms with van der Waals surface area (Å²) in [6, 6.07) is 12.6. The van der Waals surface area contributed by atoms with E-state index in [1.165, 1.54) is 4.31 Å². The molecule has 1 amide bonds. The van der Waals surface area contributed by atoms with E-state index in [0.29, 0.717) is 57.2 Å². The van der Waals surface area contributed by atoms with E-state index < -0.39 is 10.0 Å². The maximum atomic E-state index is 13.2. The number of amides is 1. The Bertz CT molecular complexity index is 1080. The molecule has 2 aromatic carbocycles. The predicted octanol–water partition coefficient (Wildman–Crippen LogP) is 3.61.